The average Bonchev–Trinajstić information content (AvgIpc) is 3.31. The van der Waals surface area contributed by atoms with E-state index in [1.165, 1.54) is 48.5 Å². The maximum atomic E-state index is 13.0. The van der Waals surface area contributed by atoms with Crippen molar-refractivity contribution < 1.29 is 23.5 Å². The Balaban J connectivity index is 1.18. The standard InChI is InChI=1S/C27H32F2N4O3/c28-27(29)33-24-15-13-19(16-20(24)17-30-33)25(34)32-23(26(35)36)11-5-3-1-2-4-9-21-14-12-18-8-6-7-10-22(18)31-21/h12-17,23,27H,1-11H2,(H,32,34)(H,35,36)/t23-/m0/s1. The molecule has 0 bridgehead atoms. The molecule has 2 N–H and O–H groups in total. The van der Waals surface area contributed by atoms with E-state index in [-0.39, 0.29) is 11.1 Å². The number of alkyl halides is 2. The Labute approximate surface area is 208 Å². The maximum Gasteiger partial charge on any atom is 0.333 e. The predicted molar refractivity (Wildman–Crippen MR) is 132 cm³/mol. The molecule has 0 fully saturated rings. The van der Waals surface area contributed by atoms with Gasteiger partial charge in [0, 0.05) is 22.3 Å². The van der Waals surface area contributed by atoms with Gasteiger partial charge in [0.25, 0.3) is 5.91 Å². The number of nitrogens with zero attached hydrogens (tertiary/aromatic N) is 3. The van der Waals surface area contributed by atoms with E-state index in [2.05, 4.69) is 22.5 Å². The number of halogens is 2. The Bertz CT molecular complexity index is 1210. The van der Waals surface area contributed by atoms with Crippen LogP contribution in [0.15, 0.2) is 36.5 Å². The minimum absolute atomic E-state index is 0.207. The second-order valence-electron chi connectivity index (χ2n) is 9.43. The lowest BCUT2D eigenvalue weighted by Gasteiger charge is -2.15. The molecule has 0 unspecified atom stereocenters. The summed E-state index contributed by atoms with van der Waals surface area (Å²) in [4.78, 5) is 29.1. The first kappa shape index (κ1) is 25.7. The van der Waals surface area contributed by atoms with Crippen LogP contribution in [0.2, 0.25) is 0 Å². The van der Waals surface area contributed by atoms with Gasteiger partial charge in [-0.3, -0.25) is 9.78 Å². The van der Waals surface area contributed by atoms with Crippen molar-refractivity contribution in [1.82, 2.24) is 20.1 Å². The van der Waals surface area contributed by atoms with Gasteiger partial charge in [0.2, 0.25) is 0 Å². The zero-order chi connectivity index (χ0) is 25.5. The van der Waals surface area contributed by atoms with Crippen molar-refractivity contribution in [2.75, 3.05) is 0 Å². The number of nitrogens with one attached hydrogen (secondary N) is 1. The molecular weight excluding hydrogens is 466 g/mol. The Morgan fingerprint density at radius 2 is 1.81 bits per heavy atom. The topological polar surface area (TPSA) is 97.1 Å². The van der Waals surface area contributed by atoms with Crippen molar-refractivity contribution in [3.63, 3.8) is 0 Å². The minimum atomic E-state index is -2.78. The van der Waals surface area contributed by atoms with Crippen LogP contribution in [-0.2, 0) is 24.1 Å². The molecule has 1 aromatic carbocycles. The van der Waals surface area contributed by atoms with E-state index in [0.29, 0.717) is 22.9 Å². The number of aromatic nitrogens is 3. The minimum Gasteiger partial charge on any atom is -0.480 e. The summed E-state index contributed by atoms with van der Waals surface area (Å²) in [6.45, 7) is -2.78. The van der Waals surface area contributed by atoms with E-state index >= 15 is 0 Å². The summed E-state index contributed by atoms with van der Waals surface area (Å²) in [5.41, 5.74) is 4.23. The molecule has 4 rings (SSSR count). The maximum absolute atomic E-state index is 13.0. The van der Waals surface area contributed by atoms with E-state index in [1.54, 1.807) is 0 Å². The summed E-state index contributed by atoms with van der Waals surface area (Å²) in [5, 5.41) is 16.1. The summed E-state index contributed by atoms with van der Waals surface area (Å²) in [7, 11) is 0. The number of pyridine rings is 1. The van der Waals surface area contributed by atoms with Crippen LogP contribution < -0.4 is 5.32 Å². The molecule has 2 aromatic heterocycles. The average molecular weight is 499 g/mol. The highest BCUT2D eigenvalue weighted by molar-refractivity contribution is 5.99. The van der Waals surface area contributed by atoms with Crippen LogP contribution in [0, 0.1) is 0 Å². The van der Waals surface area contributed by atoms with Crippen LogP contribution in [0.25, 0.3) is 10.9 Å². The number of aryl methyl sites for hydroxylation is 3. The summed E-state index contributed by atoms with van der Waals surface area (Å²) in [6.07, 6.45) is 11.9. The number of amides is 1. The second-order valence-corrected chi connectivity index (χ2v) is 9.43. The molecule has 1 aliphatic rings. The number of carbonyl (C=O) groups is 2. The molecule has 2 heterocycles. The van der Waals surface area contributed by atoms with Gasteiger partial charge >= 0.3 is 12.5 Å². The molecule has 1 aliphatic carbocycles. The molecule has 0 saturated carbocycles. The number of benzene rings is 1. The number of rotatable bonds is 12. The highest BCUT2D eigenvalue weighted by Crippen LogP contribution is 2.22. The molecule has 3 aromatic rings. The van der Waals surface area contributed by atoms with Crippen molar-refractivity contribution in [3.05, 3.63) is 59.0 Å². The van der Waals surface area contributed by atoms with Crippen molar-refractivity contribution in [3.8, 4) is 0 Å². The molecule has 1 amide bonds. The number of hydrogen-bond acceptors (Lipinski definition) is 4. The van der Waals surface area contributed by atoms with Crippen LogP contribution in [0.3, 0.4) is 0 Å². The smallest absolute Gasteiger partial charge is 0.333 e. The number of unbranched alkanes of at least 4 members (excludes halogenated alkanes) is 4. The lowest BCUT2D eigenvalue weighted by molar-refractivity contribution is -0.139. The molecule has 9 heteroatoms. The molecule has 192 valence electrons. The van der Waals surface area contributed by atoms with Gasteiger partial charge in [-0.15, -0.1) is 0 Å². The quantitative estimate of drug-likeness (QED) is 0.323. The second kappa shape index (κ2) is 12.1. The number of hydrogen-bond donors (Lipinski definition) is 2. The van der Waals surface area contributed by atoms with Crippen LogP contribution in [-0.4, -0.2) is 37.8 Å². The SMILES string of the molecule is O=C(N[C@@H](CCCCCCCc1ccc2c(n1)CCCC2)C(=O)O)c1ccc2c(cnn2C(F)F)c1. The van der Waals surface area contributed by atoms with Gasteiger partial charge in [-0.1, -0.05) is 31.7 Å². The zero-order valence-corrected chi connectivity index (χ0v) is 20.3. The molecule has 36 heavy (non-hydrogen) atoms. The highest BCUT2D eigenvalue weighted by Gasteiger charge is 2.21. The van der Waals surface area contributed by atoms with Gasteiger partial charge in [-0.05, 0) is 74.8 Å². The van der Waals surface area contributed by atoms with Crippen molar-refractivity contribution >= 4 is 22.8 Å². The fourth-order valence-corrected chi connectivity index (χ4v) is 4.80. The van der Waals surface area contributed by atoms with Crippen LogP contribution in [0.1, 0.15) is 85.2 Å². The van der Waals surface area contributed by atoms with Crippen LogP contribution in [0.4, 0.5) is 8.78 Å². The van der Waals surface area contributed by atoms with Crippen molar-refractivity contribution in [1.29, 1.82) is 0 Å². The van der Waals surface area contributed by atoms with Gasteiger partial charge in [0.1, 0.15) is 6.04 Å². The summed E-state index contributed by atoms with van der Waals surface area (Å²) < 4.78 is 26.5. The fraction of sp³-hybridized carbons (Fsp3) is 0.481. The normalized spacial score (nSPS) is 14.1. The van der Waals surface area contributed by atoms with Gasteiger partial charge in [-0.2, -0.15) is 13.9 Å². The first-order valence-corrected chi connectivity index (χ1v) is 12.7. The van der Waals surface area contributed by atoms with E-state index < -0.39 is 24.5 Å². The number of carbonyl (C=O) groups excluding carboxylic acids is 1. The summed E-state index contributed by atoms with van der Waals surface area (Å²) >= 11 is 0. The zero-order valence-electron chi connectivity index (χ0n) is 20.3. The van der Waals surface area contributed by atoms with E-state index in [4.69, 9.17) is 4.98 Å². The van der Waals surface area contributed by atoms with Crippen LogP contribution in [0.5, 0.6) is 0 Å². The Kier molecular flexibility index (Phi) is 8.61. The van der Waals surface area contributed by atoms with Crippen molar-refractivity contribution in [2.45, 2.75) is 83.2 Å². The molecule has 0 aliphatic heterocycles. The lowest BCUT2D eigenvalue weighted by atomic mass is 9.95. The first-order chi connectivity index (χ1) is 17.4. The third kappa shape index (κ3) is 6.44. The molecule has 1 atom stereocenters. The Morgan fingerprint density at radius 1 is 1.03 bits per heavy atom. The van der Waals surface area contributed by atoms with Crippen molar-refractivity contribution in [2.24, 2.45) is 0 Å². The molecular formula is C27H32F2N4O3. The van der Waals surface area contributed by atoms with Crippen LogP contribution >= 0.6 is 0 Å². The fourth-order valence-electron chi connectivity index (χ4n) is 4.80. The monoisotopic (exact) mass is 498 g/mol. The van der Waals surface area contributed by atoms with Gasteiger partial charge in [-0.25, -0.2) is 9.48 Å². The number of carboxylic acids is 1. The van der Waals surface area contributed by atoms with Gasteiger partial charge in [0.15, 0.2) is 0 Å². The number of aliphatic carboxylic acids is 1. The predicted octanol–water partition coefficient (Wildman–Crippen LogP) is 5.47. The largest absolute Gasteiger partial charge is 0.480 e. The molecule has 0 spiro atoms. The molecule has 7 nitrogen and oxygen atoms in total. The lowest BCUT2D eigenvalue weighted by Crippen LogP contribution is -2.40. The highest BCUT2D eigenvalue weighted by atomic mass is 19.3. The third-order valence-corrected chi connectivity index (χ3v) is 6.81. The third-order valence-electron chi connectivity index (χ3n) is 6.81. The Morgan fingerprint density at radius 3 is 2.61 bits per heavy atom. The van der Waals surface area contributed by atoms with E-state index in [9.17, 15) is 23.5 Å². The summed E-state index contributed by atoms with van der Waals surface area (Å²) in [6, 6.07) is 7.59. The van der Waals surface area contributed by atoms with Gasteiger partial charge in [0.05, 0.1) is 11.7 Å². The molecule has 0 saturated heterocycles. The molecule has 0 radical (unpaired) electrons. The number of carboxylic acid groups (broad SMARTS) is 1. The Hall–Kier alpha value is -3.36. The number of fused-ring (bicyclic) bond motifs is 2. The van der Waals surface area contributed by atoms with E-state index in [0.717, 1.165) is 50.6 Å². The van der Waals surface area contributed by atoms with E-state index in [1.807, 2.05) is 0 Å². The van der Waals surface area contributed by atoms with Gasteiger partial charge < -0.3 is 10.4 Å². The first-order valence-electron chi connectivity index (χ1n) is 12.7. The summed E-state index contributed by atoms with van der Waals surface area (Å²) in [5.74, 6) is -1.64.